The van der Waals surface area contributed by atoms with Gasteiger partial charge in [0.1, 0.15) is 0 Å². The van der Waals surface area contributed by atoms with Crippen LogP contribution in [0.2, 0.25) is 0 Å². The molecule has 0 spiro atoms. The van der Waals surface area contributed by atoms with Gasteiger partial charge >= 0.3 is 5.97 Å². The molecule has 2 fully saturated rings. The zero-order valence-electron chi connectivity index (χ0n) is 12.7. The van der Waals surface area contributed by atoms with Crippen LogP contribution < -0.4 is 5.32 Å². The lowest BCUT2D eigenvalue weighted by Gasteiger charge is -2.33. The molecule has 0 aromatic carbocycles. The maximum absolute atomic E-state index is 11.8. The van der Waals surface area contributed by atoms with Gasteiger partial charge in [0.15, 0.2) is 5.69 Å². The van der Waals surface area contributed by atoms with Crippen molar-refractivity contribution in [3.8, 4) is 0 Å². The number of nitrogens with one attached hydrogen (secondary N) is 1. The summed E-state index contributed by atoms with van der Waals surface area (Å²) in [6, 6.07) is 0.0485. The molecule has 3 rings (SSSR count). The minimum Gasteiger partial charge on any atom is -0.461 e. The summed E-state index contributed by atoms with van der Waals surface area (Å²) in [5.41, 5.74) is 0.416. The number of ether oxygens (including phenoxy) is 1. The van der Waals surface area contributed by atoms with Gasteiger partial charge in [0.25, 0.3) is 0 Å². The van der Waals surface area contributed by atoms with E-state index in [4.69, 9.17) is 4.74 Å². The summed E-state index contributed by atoms with van der Waals surface area (Å²) < 4.78 is 4.98. The van der Waals surface area contributed by atoms with Gasteiger partial charge in [-0.1, -0.05) is 0 Å². The first-order chi connectivity index (χ1) is 10.7. The Labute approximate surface area is 133 Å². The maximum Gasteiger partial charge on any atom is 0.357 e. The van der Waals surface area contributed by atoms with Gasteiger partial charge in [-0.05, 0) is 39.3 Å². The Hall–Kier alpha value is -1.47. The van der Waals surface area contributed by atoms with E-state index in [9.17, 15) is 9.59 Å². The summed E-state index contributed by atoms with van der Waals surface area (Å²) in [5.74, 6) is 0.205. The molecule has 120 valence electrons. The van der Waals surface area contributed by atoms with E-state index in [2.05, 4.69) is 15.2 Å². The van der Waals surface area contributed by atoms with E-state index in [0.717, 1.165) is 43.9 Å². The molecule has 7 heteroatoms. The van der Waals surface area contributed by atoms with Gasteiger partial charge in [-0.25, -0.2) is 9.78 Å². The van der Waals surface area contributed by atoms with Crippen LogP contribution in [-0.2, 0) is 9.53 Å². The highest BCUT2D eigenvalue weighted by molar-refractivity contribution is 7.09. The number of carbonyl (C=O) groups excluding carboxylic acids is 2. The molecule has 0 aliphatic carbocycles. The minimum absolute atomic E-state index is 0.0485. The molecule has 2 saturated heterocycles. The number of thiazole rings is 1. The average molecular weight is 323 g/mol. The fourth-order valence-corrected chi connectivity index (χ4v) is 4.12. The summed E-state index contributed by atoms with van der Waals surface area (Å²) in [5, 5.41) is 5.69. The lowest BCUT2D eigenvalue weighted by Crippen LogP contribution is -2.44. The maximum atomic E-state index is 11.8. The van der Waals surface area contributed by atoms with Crippen molar-refractivity contribution in [3.05, 3.63) is 16.1 Å². The minimum atomic E-state index is -0.343. The molecule has 1 amide bonds. The number of piperidine rings is 1. The number of esters is 1. The van der Waals surface area contributed by atoms with Crippen LogP contribution in [-0.4, -0.2) is 54.0 Å². The topological polar surface area (TPSA) is 71.5 Å². The van der Waals surface area contributed by atoms with E-state index in [1.807, 2.05) is 0 Å². The highest BCUT2D eigenvalue weighted by Gasteiger charge is 2.33. The quantitative estimate of drug-likeness (QED) is 0.848. The molecule has 22 heavy (non-hydrogen) atoms. The molecular formula is C15H21N3O3S. The smallest absolute Gasteiger partial charge is 0.357 e. The van der Waals surface area contributed by atoms with Gasteiger partial charge in [-0.15, -0.1) is 11.3 Å². The van der Waals surface area contributed by atoms with E-state index in [1.54, 1.807) is 12.3 Å². The summed E-state index contributed by atoms with van der Waals surface area (Å²) >= 11 is 1.53. The first-order valence-corrected chi connectivity index (χ1v) is 8.71. The van der Waals surface area contributed by atoms with Crippen LogP contribution in [0.5, 0.6) is 0 Å². The van der Waals surface area contributed by atoms with Crippen LogP contribution in [0.15, 0.2) is 5.38 Å². The van der Waals surface area contributed by atoms with Gasteiger partial charge < -0.3 is 10.1 Å². The molecule has 0 bridgehead atoms. The second-order valence-electron chi connectivity index (χ2n) is 5.70. The van der Waals surface area contributed by atoms with Crippen LogP contribution in [0.3, 0.4) is 0 Å². The van der Waals surface area contributed by atoms with Crippen molar-refractivity contribution in [3.63, 3.8) is 0 Å². The SMILES string of the molecule is CCOC(=O)c1csc(C2CCN([C@H]3CCNC3=O)CC2)n1. The van der Waals surface area contributed by atoms with E-state index >= 15 is 0 Å². The van der Waals surface area contributed by atoms with Crippen molar-refractivity contribution in [2.24, 2.45) is 0 Å². The first kappa shape index (κ1) is 15.4. The number of aromatic nitrogens is 1. The predicted molar refractivity (Wildman–Crippen MR) is 83.0 cm³/mol. The Morgan fingerprint density at radius 2 is 2.23 bits per heavy atom. The normalized spacial score (nSPS) is 23.5. The highest BCUT2D eigenvalue weighted by atomic mass is 32.1. The van der Waals surface area contributed by atoms with Crippen LogP contribution in [0.25, 0.3) is 0 Å². The van der Waals surface area contributed by atoms with E-state index in [0.29, 0.717) is 18.2 Å². The largest absolute Gasteiger partial charge is 0.461 e. The average Bonchev–Trinajstić information content (AvgIpc) is 3.17. The number of likely N-dealkylation sites (tertiary alicyclic amines) is 1. The molecule has 6 nitrogen and oxygen atoms in total. The Balaban J connectivity index is 1.57. The second kappa shape index (κ2) is 6.75. The molecule has 0 radical (unpaired) electrons. The Morgan fingerprint density at radius 3 is 2.86 bits per heavy atom. The third kappa shape index (κ3) is 3.15. The van der Waals surface area contributed by atoms with Crippen molar-refractivity contribution in [2.45, 2.75) is 38.1 Å². The van der Waals surface area contributed by atoms with Gasteiger partial charge in [-0.3, -0.25) is 9.69 Å². The Morgan fingerprint density at radius 1 is 1.45 bits per heavy atom. The summed E-state index contributed by atoms with van der Waals surface area (Å²) in [6.07, 6.45) is 2.88. The lowest BCUT2D eigenvalue weighted by molar-refractivity contribution is -0.124. The van der Waals surface area contributed by atoms with Crippen LogP contribution in [0, 0.1) is 0 Å². The van der Waals surface area contributed by atoms with E-state index in [-0.39, 0.29) is 17.9 Å². The molecule has 3 heterocycles. The van der Waals surface area contributed by atoms with Gasteiger partial charge in [0, 0.05) is 17.8 Å². The number of carbonyl (C=O) groups is 2. The third-order valence-electron chi connectivity index (χ3n) is 4.35. The van der Waals surface area contributed by atoms with Crippen molar-refractivity contribution in [2.75, 3.05) is 26.2 Å². The first-order valence-electron chi connectivity index (χ1n) is 7.83. The fraction of sp³-hybridized carbons (Fsp3) is 0.667. The molecule has 2 aliphatic heterocycles. The van der Waals surface area contributed by atoms with Crippen molar-refractivity contribution < 1.29 is 14.3 Å². The standard InChI is InChI=1S/C15H21N3O3S/c1-2-21-15(20)11-9-22-14(17-11)10-4-7-18(8-5-10)12-3-6-16-13(12)19/h9-10,12H,2-8H2,1H3,(H,16,19)/t12-/m0/s1. The zero-order chi connectivity index (χ0) is 15.5. The zero-order valence-corrected chi connectivity index (χ0v) is 13.5. The number of nitrogens with zero attached hydrogens (tertiary/aromatic N) is 2. The Bertz CT molecular complexity index is 552. The highest BCUT2D eigenvalue weighted by Crippen LogP contribution is 2.31. The van der Waals surface area contributed by atoms with Crippen molar-refractivity contribution in [1.82, 2.24) is 15.2 Å². The molecule has 2 aliphatic rings. The number of amides is 1. The lowest BCUT2D eigenvalue weighted by atomic mass is 9.96. The summed E-state index contributed by atoms with van der Waals surface area (Å²) in [7, 11) is 0. The van der Waals surface area contributed by atoms with Gasteiger partial charge in [0.05, 0.1) is 17.7 Å². The van der Waals surface area contributed by atoms with Crippen LogP contribution in [0.4, 0.5) is 0 Å². The van der Waals surface area contributed by atoms with Gasteiger partial charge in [-0.2, -0.15) is 0 Å². The number of hydrogen-bond donors (Lipinski definition) is 1. The van der Waals surface area contributed by atoms with E-state index in [1.165, 1.54) is 11.3 Å². The molecule has 1 aromatic heterocycles. The molecule has 0 saturated carbocycles. The van der Waals surface area contributed by atoms with Gasteiger partial charge in [0.2, 0.25) is 5.91 Å². The molecule has 1 aromatic rings. The summed E-state index contributed by atoms with van der Waals surface area (Å²) in [6.45, 7) is 4.78. The number of rotatable bonds is 4. The molecular weight excluding hydrogens is 302 g/mol. The number of hydrogen-bond acceptors (Lipinski definition) is 6. The second-order valence-corrected chi connectivity index (χ2v) is 6.59. The molecule has 1 atom stereocenters. The monoisotopic (exact) mass is 323 g/mol. The molecule has 1 N–H and O–H groups in total. The fourth-order valence-electron chi connectivity index (χ4n) is 3.16. The van der Waals surface area contributed by atoms with Crippen LogP contribution >= 0.6 is 11.3 Å². The van der Waals surface area contributed by atoms with Crippen molar-refractivity contribution in [1.29, 1.82) is 0 Å². The Kier molecular flexibility index (Phi) is 4.73. The van der Waals surface area contributed by atoms with Crippen molar-refractivity contribution >= 4 is 23.2 Å². The molecule has 0 unspecified atom stereocenters. The third-order valence-corrected chi connectivity index (χ3v) is 5.35. The summed E-state index contributed by atoms with van der Waals surface area (Å²) in [4.78, 5) is 30.1. The van der Waals surface area contributed by atoms with Crippen LogP contribution in [0.1, 0.15) is 47.6 Å². The van der Waals surface area contributed by atoms with E-state index < -0.39 is 0 Å². The predicted octanol–water partition coefficient (Wildman–Crippen LogP) is 1.39.